The molecule has 2 aromatic carbocycles. The van der Waals surface area contributed by atoms with Crippen LogP contribution >= 0.6 is 0 Å². The minimum absolute atomic E-state index is 0.0862. The number of carbonyl (C=O) groups is 1. The standard InChI is InChI=1S/C21H24N4O5S/c1-5-14-7-6-8-15(11-14)22-19(26)13-23(2)31(29,30)16-9-10-17-18(12-16)25(4)21(28)20(27)24(17)3/h6-12H,5,13H2,1-4H3,(H,22,26). The van der Waals surface area contributed by atoms with Crippen LogP contribution in [-0.2, 0) is 35.3 Å². The quantitative estimate of drug-likeness (QED) is 0.572. The van der Waals surface area contributed by atoms with Crippen LogP contribution in [0.1, 0.15) is 12.5 Å². The van der Waals surface area contributed by atoms with Gasteiger partial charge in [-0.3, -0.25) is 14.4 Å². The third kappa shape index (κ3) is 4.30. The second-order valence-electron chi connectivity index (χ2n) is 7.24. The van der Waals surface area contributed by atoms with Gasteiger partial charge >= 0.3 is 11.1 Å². The average molecular weight is 445 g/mol. The van der Waals surface area contributed by atoms with E-state index in [4.69, 9.17) is 0 Å². The number of amides is 1. The Kier molecular flexibility index (Phi) is 6.14. The Morgan fingerprint density at radius 2 is 1.65 bits per heavy atom. The molecule has 0 radical (unpaired) electrons. The first-order chi connectivity index (χ1) is 14.6. The first-order valence-electron chi connectivity index (χ1n) is 9.61. The van der Waals surface area contributed by atoms with E-state index in [1.165, 1.54) is 43.9 Å². The highest BCUT2D eigenvalue weighted by molar-refractivity contribution is 7.89. The second-order valence-corrected chi connectivity index (χ2v) is 9.29. The predicted molar refractivity (Wildman–Crippen MR) is 119 cm³/mol. The second kappa shape index (κ2) is 8.48. The molecule has 31 heavy (non-hydrogen) atoms. The van der Waals surface area contributed by atoms with Crippen molar-refractivity contribution in [2.45, 2.75) is 18.2 Å². The average Bonchev–Trinajstić information content (AvgIpc) is 2.75. The lowest BCUT2D eigenvalue weighted by Crippen LogP contribution is -2.39. The number of carbonyl (C=O) groups excluding carboxylic acids is 1. The summed E-state index contributed by atoms with van der Waals surface area (Å²) in [6.07, 6.45) is 0.814. The van der Waals surface area contributed by atoms with E-state index >= 15 is 0 Å². The zero-order valence-corrected chi connectivity index (χ0v) is 18.6. The van der Waals surface area contributed by atoms with Gasteiger partial charge in [-0.05, 0) is 42.3 Å². The van der Waals surface area contributed by atoms with Gasteiger partial charge < -0.3 is 14.5 Å². The van der Waals surface area contributed by atoms with Crippen LogP contribution in [0.3, 0.4) is 0 Å². The number of nitrogens with one attached hydrogen (secondary N) is 1. The van der Waals surface area contributed by atoms with Gasteiger partial charge in [0.25, 0.3) is 0 Å². The molecule has 0 spiro atoms. The van der Waals surface area contributed by atoms with E-state index in [9.17, 15) is 22.8 Å². The number of aryl methyl sites for hydroxylation is 3. The highest BCUT2D eigenvalue weighted by atomic mass is 32.2. The van der Waals surface area contributed by atoms with Crippen LogP contribution in [0.4, 0.5) is 5.69 Å². The van der Waals surface area contributed by atoms with E-state index in [1.54, 1.807) is 6.07 Å². The van der Waals surface area contributed by atoms with Crippen molar-refractivity contribution < 1.29 is 13.2 Å². The molecule has 1 heterocycles. The van der Waals surface area contributed by atoms with Crippen molar-refractivity contribution in [1.29, 1.82) is 0 Å². The van der Waals surface area contributed by atoms with Gasteiger partial charge in [0.05, 0.1) is 22.5 Å². The van der Waals surface area contributed by atoms with E-state index in [1.807, 2.05) is 25.1 Å². The lowest BCUT2D eigenvalue weighted by molar-refractivity contribution is -0.116. The molecule has 10 heteroatoms. The van der Waals surface area contributed by atoms with E-state index in [2.05, 4.69) is 5.32 Å². The molecule has 0 aliphatic carbocycles. The molecule has 1 aromatic heterocycles. The molecule has 9 nitrogen and oxygen atoms in total. The molecule has 0 atom stereocenters. The Bertz CT molecular complexity index is 1390. The normalized spacial score (nSPS) is 11.8. The Labute approximate surface area is 179 Å². The number of rotatable bonds is 6. The SMILES string of the molecule is CCc1cccc(NC(=O)CN(C)S(=O)(=O)c2ccc3c(c2)n(C)c(=O)c(=O)n3C)c1. The van der Waals surface area contributed by atoms with Crippen molar-refractivity contribution in [2.75, 3.05) is 18.9 Å². The monoisotopic (exact) mass is 444 g/mol. The van der Waals surface area contributed by atoms with Crippen molar-refractivity contribution in [2.24, 2.45) is 14.1 Å². The molecule has 0 saturated heterocycles. The Balaban J connectivity index is 1.88. The minimum Gasteiger partial charge on any atom is -0.325 e. The van der Waals surface area contributed by atoms with Crippen LogP contribution in [0, 0.1) is 0 Å². The highest BCUT2D eigenvalue weighted by Crippen LogP contribution is 2.20. The van der Waals surface area contributed by atoms with Gasteiger partial charge in [-0.1, -0.05) is 19.1 Å². The summed E-state index contributed by atoms with van der Waals surface area (Å²) in [5.41, 5.74) is 0.898. The zero-order chi connectivity index (χ0) is 22.9. The Hall–Kier alpha value is -3.24. The number of fused-ring (bicyclic) bond motifs is 1. The van der Waals surface area contributed by atoms with Gasteiger partial charge in [-0.15, -0.1) is 0 Å². The van der Waals surface area contributed by atoms with Crippen LogP contribution in [0.25, 0.3) is 11.0 Å². The molecule has 0 aliphatic heterocycles. The van der Waals surface area contributed by atoms with E-state index in [-0.39, 0.29) is 11.4 Å². The van der Waals surface area contributed by atoms with Crippen LogP contribution < -0.4 is 16.4 Å². The zero-order valence-electron chi connectivity index (χ0n) is 17.7. The number of nitrogens with zero attached hydrogens (tertiary/aromatic N) is 3. The first-order valence-corrected chi connectivity index (χ1v) is 11.0. The molecule has 0 unspecified atom stereocenters. The highest BCUT2D eigenvalue weighted by Gasteiger charge is 2.24. The molecule has 0 bridgehead atoms. The molecule has 164 valence electrons. The molecular weight excluding hydrogens is 420 g/mol. The lowest BCUT2D eigenvalue weighted by atomic mass is 10.1. The van der Waals surface area contributed by atoms with Crippen molar-refractivity contribution >= 4 is 32.7 Å². The Morgan fingerprint density at radius 3 is 2.29 bits per heavy atom. The van der Waals surface area contributed by atoms with Crippen molar-refractivity contribution in [3.63, 3.8) is 0 Å². The molecule has 3 aromatic rings. The summed E-state index contributed by atoms with van der Waals surface area (Å²) in [6, 6.07) is 11.5. The van der Waals surface area contributed by atoms with Gasteiger partial charge in [0.15, 0.2) is 0 Å². The van der Waals surface area contributed by atoms with E-state index < -0.39 is 27.0 Å². The van der Waals surface area contributed by atoms with E-state index in [0.717, 1.165) is 20.9 Å². The number of aromatic nitrogens is 2. The molecule has 1 amide bonds. The van der Waals surface area contributed by atoms with Gasteiger partial charge in [0.1, 0.15) is 0 Å². The maximum Gasteiger partial charge on any atom is 0.316 e. The molecule has 0 aliphatic rings. The maximum absolute atomic E-state index is 13.0. The largest absolute Gasteiger partial charge is 0.325 e. The van der Waals surface area contributed by atoms with Gasteiger partial charge in [0.2, 0.25) is 15.9 Å². The van der Waals surface area contributed by atoms with Crippen LogP contribution in [0.5, 0.6) is 0 Å². The summed E-state index contributed by atoms with van der Waals surface area (Å²) < 4.78 is 29.2. The predicted octanol–water partition coefficient (Wildman–Crippen LogP) is 1.06. The fourth-order valence-electron chi connectivity index (χ4n) is 3.26. The summed E-state index contributed by atoms with van der Waals surface area (Å²) in [5, 5.41) is 2.70. The number of likely N-dealkylation sites (N-methyl/N-ethyl adjacent to an activating group) is 1. The van der Waals surface area contributed by atoms with Crippen LogP contribution in [0.15, 0.2) is 56.9 Å². The summed E-state index contributed by atoms with van der Waals surface area (Å²) in [4.78, 5) is 36.4. The first kappa shape index (κ1) is 22.4. The van der Waals surface area contributed by atoms with Gasteiger partial charge in [-0.25, -0.2) is 8.42 Å². The summed E-state index contributed by atoms with van der Waals surface area (Å²) in [6.45, 7) is 1.61. The summed E-state index contributed by atoms with van der Waals surface area (Å²) >= 11 is 0. The number of anilines is 1. The van der Waals surface area contributed by atoms with E-state index in [0.29, 0.717) is 16.7 Å². The van der Waals surface area contributed by atoms with Crippen LogP contribution in [0.2, 0.25) is 0 Å². The van der Waals surface area contributed by atoms with Gasteiger partial charge in [0, 0.05) is 26.8 Å². The van der Waals surface area contributed by atoms with Crippen molar-refractivity contribution in [3.8, 4) is 0 Å². The van der Waals surface area contributed by atoms with Crippen LogP contribution in [-0.4, -0.2) is 41.4 Å². The molecule has 0 saturated carbocycles. The third-order valence-electron chi connectivity index (χ3n) is 5.16. The summed E-state index contributed by atoms with van der Waals surface area (Å²) in [7, 11) is 0.149. The fraction of sp³-hybridized carbons (Fsp3) is 0.286. The number of benzene rings is 2. The lowest BCUT2D eigenvalue weighted by Gasteiger charge is -2.18. The molecule has 0 fully saturated rings. The minimum atomic E-state index is -4.01. The topological polar surface area (TPSA) is 110 Å². The molecule has 1 N–H and O–H groups in total. The van der Waals surface area contributed by atoms with Gasteiger partial charge in [-0.2, -0.15) is 4.31 Å². The fourth-order valence-corrected chi connectivity index (χ4v) is 4.41. The van der Waals surface area contributed by atoms with Crippen molar-refractivity contribution in [3.05, 3.63) is 68.7 Å². The maximum atomic E-state index is 13.0. The number of hydrogen-bond acceptors (Lipinski definition) is 5. The van der Waals surface area contributed by atoms with Crippen molar-refractivity contribution in [1.82, 2.24) is 13.4 Å². The Morgan fingerprint density at radius 1 is 1.00 bits per heavy atom. The smallest absolute Gasteiger partial charge is 0.316 e. The molecular formula is C21H24N4O5S. The number of sulfonamides is 1. The number of hydrogen-bond donors (Lipinski definition) is 1. The third-order valence-corrected chi connectivity index (χ3v) is 6.95. The summed E-state index contributed by atoms with van der Waals surface area (Å²) in [5.74, 6) is -0.477. The molecule has 3 rings (SSSR count).